The maximum Gasteiger partial charge on any atom is 0.407 e. The fourth-order valence-corrected chi connectivity index (χ4v) is 2.13. The van der Waals surface area contributed by atoms with Crippen molar-refractivity contribution in [2.75, 3.05) is 18.0 Å². The average molecular weight is 281 g/mol. The summed E-state index contributed by atoms with van der Waals surface area (Å²) in [6.45, 7) is 6.81. The molecule has 20 heavy (non-hydrogen) atoms. The highest BCUT2D eigenvalue weighted by Crippen LogP contribution is 2.18. The van der Waals surface area contributed by atoms with Crippen LogP contribution in [0.1, 0.15) is 27.2 Å². The molecule has 5 nitrogen and oxygen atoms in total. The molecule has 1 aromatic rings. The van der Waals surface area contributed by atoms with Crippen molar-refractivity contribution in [1.29, 1.82) is 0 Å². The van der Waals surface area contributed by atoms with Gasteiger partial charge in [-0.15, -0.1) is 0 Å². The summed E-state index contributed by atoms with van der Waals surface area (Å²) < 4.78 is 18.3. The van der Waals surface area contributed by atoms with Crippen LogP contribution < -0.4 is 10.2 Å². The fraction of sp³-hybridized carbons (Fsp3) is 0.571. The van der Waals surface area contributed by atoms with Crippen molar-refractivity contribution in [1.82, 2.24) is 10.3 Å². The van der Waals surface area contributed by atoms with Gasteiger partial charge in [0.2, 0.25) is 5.95 Å². The van der Waals surface area contributed by atoms with E-state index in [9.17, 15) is 9.18 Å². The van der Waals surface area contributed by atoms with Gasteiger partial charge in [0.05, 0.1) is 6.04 Å². The topological polar surface area (TPSA) is 54.5 Å². The smallest absolute Gasteiger partial charge is 0.407 e. The van der Waals surface area contributed by atoms with Gasteiger partial charge in [0.15, 0.2) is 0 Å². The number of pyridine rings is 1. The number of amides is 1. The zero-order valence-corrected chi connectivity index (χ0v) is 12.0. The number of alkyl carbamates (subject to hydrolysis) is 1. The summed E-state index contributed by atoms with van der Waals surface area (Å²) in [5.74, 6) is 0.101. The van der Waals surface area contributed by atoms with Gasteiger partial charge in [-0.25, -0.2) is 9.78 Å². The maximum absolute atomic E-state index is 13.1. The van der Waals surface area contributed by atoms with E-state index in [0.29, 0.717) is 12.4 Å². The maximum atomic E-state index is 13.1. The van der Waals surface area contributed by atoms with Crippen molar-refractivity contribution in [3.8, 4) is 0 Å². The molecule has 1 aromatic heterocycles. The number of rotatable bonds is 2. The number of aromatic nitrogens is 1. The summed E-state index contributed by atoms with van der Waals surface area (Å²) in [4.78, 5) is 17.5. The Kier molecular flexibility index (Phi) is 4.11. The molecule has 1 atom stereocenters. The van der Waals surface area contributed by atoms with Gasteiger partial charge in [0, 0.05) is 13.1 Å². The second kappa shape index (κ2) is 5.64. The van der Waals surface area contributed by atoms with E-state index < -0.39 is 17.6 Å². The van der Waals surface area contributed by atoms with Crippen LogP contribution in [0, 0.1) is 5.95 Å². The highest BCUT2D eigenvalue weighted by atomic mass is 19.1. The molecule has 0 aliphatic carbocycles. The first-order valence-electron chi connectivity index (χ1n) is 6.70. The third kappa shape index (κ3) is 4.08. The molecule has 0 spiro atoms. The number of carbonyl (C=O) groups is 1. The van der Waals surface area contributed by atoms with Crippen molar-refractivity contribution < 1.29 is 13.9 Å². The Hall–Kier alpha value is -1.85. The van der Waals surface area contributed by atoms with Gasteiger partial charge in [-0.3, -0.25) is 0 Å². The Morgan fingerprint density at radius 3 is 2.90 bits per heavy atom. The fourth-order valence-electron chi connectivity index (χ4n) is 2.13. The molecule has 0 aromatic carbocycles. The first-order valence-corrected chi connectivity index (χ1v) is 6.70. The molecule has 2 heterocycles. The van der Waals surface area contributed by atoms with E-state index in [-0.39, 0.29) is 6.04 Å². The van der Waals surface area contributed by atoms with Gasteiger partial charge in [-0.05, 0) is 39.3 Å². The number of nitrogens with one attached hydrogen (secondary N) is 1. The highest BCUT2D eigenvalue weighted by Gasteiger charge is 2.26. The molecular formula is C14H20FN3O2. The second-order valence-corrected chi connectivity index (χ2v) is 5.90. The molecule has 1 aliphatic heterocycles. The Morgan fingerprint density at radius 1 is 1.50 bits per heavy atom. The lowest BCUT2D eigenvalue weighted by Crippen LogP contribution is -2.40. The van der Waals surface area contributed by atoms with Crippen molar-refractivity contribution in [2.45, 2.75) is 38.8 Å². The third-order valence-corrected chi connectivity index (χ3v) is 2.93. The van der Waals surface area contributed by atoms with E-state index in [1.54, 1.807) is 12.1 Å². The number of hydrogen-bond acceptors (Lipinski definition) is 4. The summed E-state index contributed by atoms with van der Waals surface area (Å²) in [6, 6.07) is 4.70. The van der Waals surface area contributed by atoms with E-state index in [2.05, 4.69) is 10.3 Å². The SMILES string of the molecule is CC(C)(C)OC(=O)NC1CCN(c2cccc(F)n2)C1. The summed E-state index contributed by atoms with van der Waals surface area (Å²) in [6.07, 6.45) is 0.369. The summed E-state index contributed by atoms with van der Waals surface area (Å²) in [5.41, 5.74) is -0.507. The first kappa shape index (κ1) is 14.6. The van der Waals surface area contributed by atoms with Crippen molar-refractivity contribution >= 4 is 11.9 Å². The van der Waals surface area contributed by atoms with Crippen LogP contribution in [-0.4, -0.2) is 35.8 Å². The normalized spacial score (nSPS) is 19.0. The van der Waals surface area contributed by atoms with Crippen LogP contribution >= 0.6 is 0 Å². The van der Waals surface area contributed by atoms with Crippen molar-refractivity contribution in [2.24, 2.45) is 0 Å². The molecule has 1 amide bonds. The van der Waals surface area contributed by atoms with Crippen LogP contribution in [0.5, 0.6) is 0 Å². The summed E-state index contributed by atoms with van der Waals surface area (Å²) in [5, 5.41) is 2.83. The summed E-state index contributed by atoms with van der Waals surface area (Å²) in [7, 11) is 0. The average Bonchev–Trinajstić information content (AvgIpc) is 2.74. The third-order valence-electron chi connectivity index (χ3n) is 2.93. The lowest BCUT2D eigenvalue weighted by Gasteiger charge is -2.22. The minimum atomic E-state index is -0.507. The van der Waals surface area contributed by atoms with Gasteiger partial charge < -0.3 is 15.0 Å². The van der Waals surface area contributed by atoms with Crippen LogP contribution in [-0.2, 0) is 4.74 Å². The number of nitrogens with zero attached hydrogens (tertiary/aromatic N) is 2. The largest absolute Gasteiger partial charge is 0.444 e. The zero-order valence-electron chi connectivity index (χ0n) is 12.0. The zero-order chi connectivity index (χ0) is 14.8. The molecule has 1 N–H and O–H groups in total. The molecule has 0 radical (unpaired) electrons. The number of anilines is 1. The van der Waals surface area contributed by atoms with Gasteiger partial charge in [0.1, 0.15) is 11.4 Å². The minimum Gasteiger partial charge on any atom is -0.444 e. The van der Waals surface area contributed by atoms with Gasteiger partial charge in [0.25, 0.3) is 0 Å². The predicted octanol–water partition coefficient (Wildman–Crippen LogP) is 2.32. The Labute approximate surface area is 118 Å². The first-order chi connectivity index (χ1) is 9.33. The molecule has 0 bridgehead atoms. The lowest BCUT2D eigenvalue weighted by atomic mass is 10.2. The quantitative estimate of drug-likeness (QED) is 0.845. The number of halogens is 1. The number of carbonyl (C=O) groups excluding carboxylic acids is 1. The predicted molar refractivity (Wildman–Crippen MR) is 74.2 cm³/mol. The molecule has 1 fully saturated rings. The van der Waals surface area contributed by atoms with E-state index in [4.69, 9.17) is 4.74 Å². The number of hydrogen-bond donors (Lipinski definition) is 1. The van der Waals surface area contributed by atoms with E-state index in [1.807, 2.05) is 25.7 Å². The molecule has 6 heteroatoms. The van der Waals surface area contributed by atoms with Crippen LogP contribution in [0.3, 0.4) is 0 Å². The van der Waals surface area contributed by atoms with Crippen molar-refractivity contribution in [3.05, 3.63) is 24.1 Å². The molecule has 1 unspecified atom stereocenters. The molecule has 1 saturated heterocycles. The van der Waals surface area contributed by atoms with Crippen LogP contribution in [0.25, 0.3) is 0 Å². The van der Waals surface area contributed by atoms with E-state index in [1.165, 1.54) is 6.07 Å². The van der Waals surface area contributed by atoms with Gasteiger partial charge in [-0.2, -0.15) is 4.39 Å². The Morgan fingerprint density at radius 2 is 2.25 bits per heavy atom. The summed E-state index contributed by atoms with van der Waals surface area (Å²) >= 11 is 0. The van der Waals surface area contributed by atoms with Gasteiger partial charge in [-0.1, -0.05) is 6.07 Å². The lowest BCUT2D eigenvalue weighted by molar-refractivity contribution is 0.0509. The number of ether oxygens (including phenoxy) is 1. The Bertz CT molecular complexity index is 488. The molecular weight excluding hydrogens is 261 g/mol. The second-order valence-electron chi connectivity index (χ2n) is 5.90. The van der Waals surface area contributed by atoms with Gasteiger partial charge >= 0.3 is 6.09 Å². The van der Waals surface area contributed by atoms with Crippen LogP contribution in [0.4, 0.5) is 15.0 Å². The van der Waals surface area contributed by atoms with E-state index >= 15 is 0 Å². The standard InChI is InChI=1S/C14H20FN3O2/c1-14(2,3)20-13(19)16-10-7-8-18(9-10)12-6-4-5-11(15)17-12/h4-6,10H,7-9H2,1-3H3,(H,16,19). The monoisotopic (exact) mass is 281 g/mol. The molecule has 2 rings (SSSR count). The van der Waals surface area contributed by atoms with Crippen LogP contribution in [0.15, 0.2) is 18.2 Å². The molecule has 0 saturated carbocycles. The van der Waals surface area contributed by atoms with Crippen molar-refractivity contribution in [3.63, 3.8) is 0 Å². The van der Waals surface area contributed by atoms with E-state index in [0.717, 1.165) is 13.0 Å². The highest BCUT2D eigenvalue weighted by molar-refractivity contribution is 5.68. The van der Waals surface area contributed by atoms with Crippen LogP contribution in [0.2, 0.25) is 0 Å². The molecule has 1 aliphatic rings. The minimum absolute atomic E-state index is 0.00471. The molecule has 110 valence electrons. The Balaban J connectivity index is 1.88.